The first-order valence-electron chi connectivity index (χ1n) is 8.93. The van der Waals surface area contributed by atoms with E-state index in [1.165, 1.54) is 41.2 Å². The molecule has 1 aliphatic carbocycles. The number of aromatic nitrogens is 3. The molecule has 0 saturated heterocycles. The summed E-state index contributed by atoms with van der Waals surface area (Å²) < 4.78 is 7.35. The number of ether oxygens (including phenoxy) is 1. The van der Waals surface area contributed by atoms with Crippen LogP contribution in [0.4, 0.5) is 0 Å². The lowest BCUT2D eigenvalue weighted by Crippen LogP contribution is -2.17. The number of benzene rings is 1. The lowest BCUT2D eigenvalue weighted by atomic mass is 9.90. The zero-order chi connectivity index (χ0) is 18.8. The van der Waals surface area contributed by atoms with E-state index >= 15 is 0 Å². The van der Waals surface area contributed by atoms with Gasteiger partial charge in [-0.15, -0.1) is 0 Å². The predicted octanol–water partition coefficient (Wildman–Crippen LogP) is 4.32. The highest BCUT2D eigenvalue weighted by molar-refractivity contribution is 9.10. The van der Waals surface area contributed by atoms with E-state index in [2.05, 4.69) is 26.0 Å². The van der Waals surface area contributed by atoms with Gasteiger partial charge in [-0.25, -0.2) is 9.78 Å². The largest absolute Gasteiger partial charge is 0.456 e. The predicted molar refractivity (Wildman–Crippen MR) is 106 cm³/mol. The Balaban J connectivity index is 1.53. The zero-order valence-corrected chi connectivity index (χ0v) is 17.0. The summed E-state index contributed by atoms with van der Waals surface area (Å²) in [6, 6.07) is 8.42. The van der Waals surface area contributed by atoms with Crippen molar-refractivity contribution in [3.63, 3.8) is 0 Å². The molecule has 3 aromatic rings. The number of rotatable bonds is 4. The minimum absolute atomic E-state index is 0.0530. The maximum Gasteiger partial charge on any atom is 0.339 e. The summed E-state index contributed by atoms with van der Waals surface area (Å²) in [6.07, 6.45) is 5.92. The van der Waals surface area contributed by atoms with Gasteiger partial charge in [0.15, 0.2) is 0 Å². The minimum atomic E-state index is -0.461. The van der Waals surface area contributed by atoms with Gasteiger partial charge in [-0.1, -0.05) is 42.7 Å². The first kappa shape index (κ1) is 18.3. The number of halogens is 1. The number of hydrogen-bond donors (Lipinski definition) is 0. The van der Waals surface area contributed by atoms with Crippen molar-refractivity contribution in [2.75, 3.05) is 0 Å². The number of fused-ring (bicyclic) bond motifs is 1. The Morgan fingerprint density at radius 1 is 1.26 bits per heavy atom. The maximum absolute atomic E-state index is 12.4. The first-order chi connectivity index (χ1) is 13.1. The standard InChI is InChI=1S/C19H18BrN3O3S/c20-15-9-5-4-8-14(15)18(25)26-11-13-10-16(24)23-19(21-13)27-17(22-23)12-6-2-1-3-7-12/h4-5,8-10,12H,1-3,6-7,11H2. The average molecular weight is 448 g/mol. The van der Waals surface area contributed by atoms with Crippen LogP contribution in [0, 0.1) is 0 Å². The fourth-order valence-electron chi connectivity index (χ4n) is 3.30. The first-order valence-corrected chi connectivity index (χ1v) is 10.5. The monoisotopic (exact) mass is 447 g/mol. The number of esters is 1. The van der Waals surface area contributed by atoms with E-state index in [0.717, 1.165) is 17.8 Å². The molecule has 4 rings (SSSR count). The summed E-state index contributed by atoms with van der Waals surface area (Å²) in [7, 11) is 0. The molecule has 1 aromatic carbocycles. The van der Waals surface area contributed by atoms with Gasteiger partial charge in [0.2, 0.25) is 4.96 Å². The topological polar surface area (TPSA) is 73.6 Å². The van der Waals surface area contributed by atoms with Gasteiger partial charge in [-0.3, -0.25) is 4.79 Å². The molecule has 0 atom stereocenters. The molecular weight excluding hydrogens is 430 g/mol. The van der Waals surface area contributed by atoms with Gasteiger partial charge in [-0.2, -0.15) is 9.61 Å². The molecule has 0 bridgehead atoms. The van der Waals surface area contributed by atoms with Crippen LogP contribution in [0.25, 0.3) is 4.96 Å². The Hall–Kier alpha value is -2.06. The second-order valence-electron chi connectivity index (χ2n) is 6.61. The van der Waals surface area contributed by atoms with Crippen LogP contribution in [0.2, 0.25) is 0 Å². The molecule has 8 heteroatoms. The van der Waals surface area contributed by atoms with Gasteiger partial charge in [0.05, 0.1) is 11.3 Å². The Kier molecular flexibility index (Phi) is 5.36. The minimum Gasteiger partial charge on any atom is -0.456 e. The smallest absolute Gasteiger partial charge is 0.339 e. The van der Waals surface area contributed by atoms with E-state index in [4.69, 9.17) is 4.74 Å². The normalized spacial score (nSPS) is 15.1. The van der Waals surface area contributed by atoms with Crippen molar-refractivity contribution in [2.24, 2.45) is 0 Å². The van der Waals surface area contributed by atoms with Crippen LogP contribution in [-0.4, -0.2) is 20.6 Å². The third-order valence-electron chi connectivity index (χ3n) is 4.71. The molecule has 27 heavy (non-hydrogen) atoms. The summed E-state index contributed by atoms with van der Waals surface area (Å²) in [5.74, 6) is -0.0433. The summed E-state index contributed by atoms with van der Waals surface area (Å²) in [5, 5.41) is 5.45. The molecule has 2 aromatic heterocycles. The molecule has 1 aliphatic rings. The van der Waals surface area contributed by atoms with E-state index in [1.807, 2.05) is 6.07 Å². The third-order valence-corrected chi connectivity index (χ3v) is 6.48. The van der Waals surface area contributed by atoms with E-state index in [1.54, 1.807) is 18.2 Å². The Morgan fingerprint density at radius 3 is 2.81 bits per heavy atom. The highest BCUT2D eigenvalue weighted by Gasteiger charge is 2.21. The quantitative estimate of drug-likeness (QED) is 0.556. The molecule has 2 heterocycles. The summed E-state index contributed by atoms with van der Waals surface area (Å²) >= 11 is 4.79. The van der Waals surface area contributed by atoms with E-state index < -0.39 is 5.97 Å². The van der Waals surface area contributed by atoms with Crippen molar-refractivity contribution in [2.45, 2.75) is 44.6 Å². The lowest BCUT2D eigenvalue weighted by Gasteiger charge is -2.18. The van der Waals surface area contributed by atoms with Gasteiger partial charge in [0.25, 0.3) is 5.56 Å². The van der Waals surface area contributed by atoms with Crippen LogP contribution in [0.5, 0.6) is 0 Å². The summed E-state index contributed by atoms with van der Waals surface area (Å²) in [5.41, 5.74) is 0.622. The van der Waals surface area contributed by atoms with Crippen molar-refractivity contribution in [3.8, 4) is 0 Å². The maximum atomic E-state index is 12.4. The van der Waals surface area contributed by atoms with Crippen molar-refractivity contribution in [3.05, 3.63) is 61.4 Å². The van der Waals surface area contributed by atoms with Crippen LogP contribution < -0.4 is 5.56 Å². The SMILES string of the molecule is O=C(OCc1cc(=O)n2nc(C3CCCCC3)sc2n1)c1ccccc1Br. The Labute approximate surface area is 168 Å². The van der Waals surface area contributed by atoms with Crippen LogP contribution in [-0.2, 0) is 11.3 Å². The number of hydrogen-bond acceptors (Lipinski definition) is 6. The molecule has 0 aliphatic heterocycles. The van der Waals surface area contributed by atoms with E-state index in [-0.39, 0.29) is 12.2 Å². The van der Waals surface area contributed by atoms with Gasteiger partial charge in [0, 0.05) is 16.5 Å². The molecular formula is C19H18BrN3O3S. The molecule has 0 unspecified atom stereocenters. The van der Waals surface area contributed by atoms with E-state index in [0.29, 0.717) is 26.6 Å². The van der Waals surface area contributed by atoms with Gasteiger partial charge in [-0.05, 0) is 40.9 Å². The van der Waals surface area contributed by atoms with Crippen LogP contribution in [0.1, 0.15) is 59.1 Å². The fourth-order valence-corrected chi connectivity index (χ4v) is 4.84. The Morgan fingerprint density at radius 2 is 2.04 bits per heavy atom. The average Bonchev–Trinajstić information content (AvgIpc) is 3.12. The highest BCUT2D eigenvalue weighted by Crippen LogP contribution is 2.34. The molecule has 0 amide bonds. The van der Waals surface area contributed by atoms with Crippen LogP contribution in [0.15, 0.2) is 39.6 Å². The molecule has 0 N–H and O–H groups in total. The van der Waals surface area contributed by atoms with Gasteiger partial charge in [0.1, 0.15) is 11.6 Å². The molecule has 1 fully saturated rings. The molecule has 1 saturated carbocycles. The Bertz CT molecular complexity index is 1040. The van der Waals surface area contributed by atoms with Crippen molar-refractivity contribution >= 4 is 38.2 Å². The van der Waals surface area contributed by atoms with Gasteiger partial charge < -0.3 is 4.74 Å². The van der Waals surface area contributed by atoms with Crippen LogP contribution >= 0.6 is 27.3 Å². The summed E-state index contributed by atoms with van der Waals surface area (Å²) in [4.78, 5) is 29.6. The van der Waals surface area contributed by atoms with Crippen LogP contribution in [0.3, 0.4) is 0 Å². The number of carbonyl (C=O) groups is 1. The van der Waals surface area contributed by atoms with E-state index in [9.17, 15) is 9.59 Å². The second kappa shape index (κ2) is 7.90. The van der Waals surface area contributed by atoms with Crippen molar-refractivity contribution in [1.29, 1.82) is 0 Å². The van der Waals surface area contributed by atoms with Gasteiger partial charge >= 0.3 is 5.97 Å². The van der Waals surface area contributed by atoms with Crippen molar-refractivity contribution in [1.82, 2.24) is 14.6 Å². The number of carbonyl (C=O) groups excluding carboxylic acids is 1. The second-order valence-corrected chi connectivity index (χ2v) is 8.45. The lowest BCUT2D eigenvalue weighted by molar-refractivity contribution is 0.0466. The molecule has 6 nitrogen and oxygen atoms in total. The van der Waals surface area contributed by atoms with Crippen molar-refractivity contribution < 1.29 is 9.53 Å². The molecule has 140 valence electrons. The fraction of sp³-hybridized carbons (Fsp3) is 0.368. The highest BCUT2D eigenvalue weighted by atomic mass is 79.9. The molecule has 0 radical (unpaired) electrons. The molecule has 0 spiro atoms. The zero-order valence-electron chi connectivity index (χ0n) is 14.6. The summed E-state index contributed by atoms with van der Waals surface area (Å²) in [6.45, 7) is -0.0530. The number of nitrogens with zero attached hydrogens (tertiary/aromatic N) is 3. The third kappa shape index (κ3) is 3.96.